The zero-order valence-electron chi connectivity index (χ0n) is 13.6. The SMILES string of the molecule is O[C@H](CN1CCN([C@H]2C[C@H]3CC[C@H]2C3)CC1)c1ccc(F)cn1. The van der Waals surface area contributed by atoms with Crippen LogP contribution in [0, 0.1) is 17.7 Å². The molecule has 126 valence electrons. The minimum atomic E-state index is -0.635. The highest BCUT2D eigenvalue weighted by Crippen LogP contribution is 2.46. The maximum atomic E-state index is 12.9. The molecule has 2 bridgehead atoms. The van der Waals surface area contributed by atoms with Crippen molar-refractivity contribution < 1.29 is 9.50 Å². The summed E-state index contributed by atoms with van der Waals surface area (Å²) in [6, 6.07) is 3.75. The predicted molar refractivity (Wildman–Crippen MR) is 86.4 cm³/mol. The van der Waals surface area contributed by atoms with Crippen LogP contribution >= 0.6 is 0 Å². The molecule has 1 N–H and O–H groups in total. The van der Waals surface area contributed by atoms with E-state index in [1.165, 1.54) is 37.9 Å². The molecule has 1 aliphatic heterocycles. The highest BCUT2D eigenvalue weighted by atomic mass is 19.1. The predicted octanol–water partition coefficient (Wildman–Crippen LogP) is 2.06. The number of hydrogen-bond acceptors (Lipinski definition) is 4. The summed E-state index contributed by atoms with van der Waals surface area (Å²) in [4.78, 5) is 8.97. The van der Waals surface area contributed by atoms with Crippen molar-refractivity contribution in [1.82, 2.24) is 14.8 Å². The lowest BCUT2D eigenvalue weighted by molar-refractivity contribution is 0.0418. The van der Waals surface area contributed by atoms with Gasteiger partial charge >= 0.3 is 0 Å². The van der Waals surface area contributed by atoms with Crippen molar-refractivity contribution in [2.75, 3.05) is 32.7 Å². The number of fused-ring (bicyclic) bond motifs is 2. The van der Waals surface area contributed by atoms with E-state index in [1.54, 1.807) is 6.07 Å². The third kappa shape index (κ3) is 3.28. The van der Waals surface area contributed by atoms with Crippen molar-refractivity contribution in [2.45, 2.75) is 37.8 Å². The number of nitrogens with zero attached hydrogens (tertiary/aromatic N) is 3. The van der Waals surface area contributed by atoms with E-state index in [1.807, 2.05) is 0 Å². The maximum Gasteiger partial charge on any atom is 0.141 e. The Kier molecular flexibility index (Phi) is 4.35. The first-order chi connectivity index (χ1) is 11.2. The van der Waals surface area contributed by atoms with Crippen LogP contribution in [0.4, 0.5) is 4.39 Å². The standard InChI is InChI=1S/C18H26FN3O/c19-15-3-4-16(20-11-15)18(23)12-21-5-7-22(8-6-21)17-10-13-1-2-14(17)9-13/h3-4,11,13-14,17-18,23H,1-2,5-10,12H2/t13-,14-,17-,18+/m0/s1. The van der Waals surface area contributed by atoms with Gasteiger partial charge in [-0.2, -0.15) is 0 Å². The first kappa shape index (κ1) is 15.5. The van der Waals surface area contributed by atoms with Crippen LogP contribution in [0.1, 0.15) is 37.5 Å². The Morgan fingerprint density at radius 2 is 2.00 bits per heavy atom. The van der Waals surface area contributed by atoms with Crippen LogP contribution in [-0.2, 0) is 0 Å². The first-order valence-electron chi connectivity index (χ1n) is 8.95. The second-order valence-electron chi connectivity index (χ2n) is 7.50. The number of rotatable bonds is 4. The molecule has 4 atom stereocenters. The molecule has 0 amide bonds. The summed E-state index contributed by atoms with van der Waals surface area (Å²) in [7, 11) is 0. The number of aliphatic hydroxyl groups excluding tert-OH is 1. The van der Waals surface area contributed by atoms with Crippen molar-refractivity contribution in [3.63, 3.8) is 0 Å². The molecular formula is C18H26FN3O. The number of aliphatic hydroxyl groups is 1. The summed E-state index contributed by atoms with van der Waals surface area (Å²) in [6.07, 6.45) is 6.30. The molecule has 0 spiro atoms. The molecule has 4 nitrogen and oxygen atoms in total. The van der Waals surface area contributed by atoms with E-state index in [4.69, 9.17) is 0 Å². The molecular weight excluding hydrogens is 293 g/mol. The van der Waals surface area contributed by atoms with Gasteiger partial charge in [-0.25, -0.2) is 4.39 Å². The maximum absolute atomic E-state index is 12.9. The molecule has 3 fully saturated rings. The fraction of sp³-hybridized carbons (Fsp3) is 0.722. The summed E-state index contributed by atoms with van der Waals surface area (Å²) >= 11 is 0. The third-order valence-corrected chi connectivity index (χ3v) is 6.10. The van der Waals surface area contributed by atoms with Gasteiger partial charge in [0.2, 0.25) is 0 Å². The van der Waals surface area contributed by atoms with Gasteiger partial charge in [0, 0.05) is 38.8 Å². The third-order valence-electron chi connectivity index (χ3n) is 6.10. The number of β-amino-alcohol motifs (C(OH)–C–C–N with tert-alkyl or cyclic N) is 1. The topological polar surface area (TPSA) is 39.6 Å². The Bertz CT molecular complexity index is 530. The molecule has 0 unspecified atom stereocenters. The molecule has 1 saturated heterocycles. The van der Waals surface area contributed by atoms with Gasteiger partial charge in [-0.1, -0.05) is 6.42 Å². The Balaban J connectivity index is 1.27. The fourth-order valence-corrected chi connectivity index (χ4v) is 4.86. The van der Waals surface area contributed by atoms with Gasteiger partial charge in [0.1, 0.15) is 11.9 Å². The van der Waals surface area contributed by atoms with Crippen molar-refractivity contribution >= 4 is 0 Å². The lowest BCUT2D eigenvalue weighted by Crippen LogP contribution is -2.52. The molecule has 1 aromatic rings. The van der Waals surface area contributed by atoms with Crippen LogP contribution in [0.15, 0.2) is 18.3 Å². The van der Waals surface area contributed by atoms with Crippen molar-refractivity contribution in [1.29, 1.82) is 0 Å². The summed E-state index contributed by atoms with van der Waals surface area (Å²) in [5.74, 6) is 1.58. The number of piperazine rings is 1. The molecule has 2 aliphatic carbocycles. The van der Waals surface area contributed by atoms with Crippen LogP contribution in [-0.4, -0.2) is 58.7 Å². The number of pyridine rings is 1. The minimum Gasteiger partial charge on any atom is -0.385 e. The lowest BCUT2D eigenvalue weighted by atomic mass is 9.93. The normalized spacial score (nSPS) is 33.2. The minimum absolute atomic E-state index is 0.361. The van der Waals surface area contributed by atoms with Crippen LogP contribution in [0.2, 0.25) is 0 Å². The van der Waals surface area contributed by atoms with Crippen molar-refractivity contribution in [3.8, 4) is 0 Å². The van der Waals surface area contributed by atoms with Gasteiger partial charge < -0.3 is 5.11 Å². The van der Waals surface area contributed by atoms with E-state index in [9.17, 15) is 9.50 Å². The molecule has 0 radical (unpaired) electrons. The van der Waals surface area contributed by atoms with Crippen molar-refractivity contribution in [2.24, 2.45) is 11.8 Å². The fourth-order valence-electron chi connectivity index (χ4n) is 4.86. The van der Waals surface area contributed by atoms with Gasteiger partial charge in [-0.15, -0.1) is 0 Å². The Hall–Kier alpha value is -1.04. The van der Waals surface area contributed by atoms with E-state index < -0.39 is 6.10 Å². The summed E-state index contributed by atoms with van der Waals surface area (Å²) in [6.45, 7) is 4.82. The average molecular weight is 319 g/mol. The highest BCUT2D eigenvalue weighted by molar-refractivity contribution is 5.08. The van der Waals surface area contributed by atoms with Crippen LogP contribution in [0.3, 0.4) is 0 Å². The van der Waals surface area contributed by atoms with Gasteiger partial charge in [0.15, 0.2) is 0 Å². The van der Waals surface area contributed by atoms with Gasteiger partial charge in [0.05, 0.1) is 11.9 Å². The lowest BCUT2D eigenvalue weighted by Gasteiger charge is -2.41. The van der Waals surface area contributed by atoms with E-state index in [-0.39, 0.29) is 5.82 Å². The van der Waals surface area contributed by atoms with Crippen molar-refractivity contribution in [3.05, 3.63) is 29.8 Å². The monoisotopic (exact) mass is 319 g/mol. The Morgan fingerprint density at radius 3 is 2.61 bits per heavy atom. The summed E-state index contributed by atoms with van der Waals surface area (Å²) < 4.78 is 12.9. The molecule has 4 rings (SSSR count). The van der Waals surface area contributed by atoms with Gasteiger partial charge in [-0.05, 0) is 43.2 Å². The Labute approximate surface area is 137 Å². The second kappa shape index (κ2) is 6.46. The van der Waals surface area contributed by atoms with E-state index in [0.717, 1.165) is 44.1 Å². The zero-order chi connectivity index (χ0) is 15.8. The largest absolute Gasteiger partial charge is 0.385 e. The highest BCUT2D eigenvalue weighted by Gasteiger charge is 2.42. The van der Waals surface area contributed by atoms with E-state index in [0.29, 0.717) is 12.2 Å². The molecule has 1 aromatic heterocycles. The number of hydrogen-bond donors (Lipinski definition) is 1. The van der Waals surface area contributed by atoms with Gasteiger partial charge in [0.25, 0.3) is 0 Å². The quantitative estimate of drug-likeness (QED) is 0.922. The molecule has 2 heterocycles. The smallest absolute Gasteiger partial charge is 0.141 e. The molecule has 23 heavy (non-hydrogen) atoms. The molecule has 2 saturated carbocycles. The summed E-state index contributed by atoms with van der Waals surface area (Å²) in [5, 5.41) is 10.3. The average Bonchev–Trinajstić information content (AvgIpc) is 3.19. The summed E-state index contributed by atoms with van der Waals surface area (Å²) in [5.41, 5.74) is 0.557. The zero-order valence-corrected chi connectivity index (χ0v) is 13.6. The van der Waals surface area contributed by atoms with Crippen LogP contribution in [0.5, 0.6) is 0 Å². The van der Waals surface area contributed by atoms with Crippen LogP contribution in [0.25, 0.3) is 0 Å². The first-order valence-corrected chi connectivity index (χ1v) is 8.95. The van der Waals surface area contributed by atoms with E-state index >= 15 is 0 Å². The van der Waals surface area contributed by atoms with Crippen LogP contribution < -0.4 is 0 Å². The second-order valence-corrected chi connectivity index (χ2v) is 7.50. The molecule has 3 aliphatic rings. The number of aromatic nitrogens is 1. The molecule has 0 aromatic carbocycles. The van der Waals surface area contributed by atoms with Gasteiger partial charge in [-0.3, -0.25) is 14.8 Å². The number of halogens is 1. The molecule has 5 heteroatoms. The van der Waals surface area contributed by atoms with E-state index in [2.05, 4.69) is 14.8 Å². The Morgan fingerprint density at radius 1 is 1.17 bits per heavy atom.